The number of hydrogen-bond acceptors (Lipinski definition) is 8. The summed E-state index contributed by atoms with van der Waals surface area (Å²) >= 11 is 7.64. The van der Waals surface area contributed by atoms with E-state index in [4.69, 9.17) is 16.6 Å². The first kappa shape index (κ1) is 26.0. The smallest absolute Gasteiger partial charge is 0.270 e. The summed E-state index contributed by atoms with van der Waals surface area (Å²) in [5.41, 5.74) is 2.18. The first-order chi connectivity index (χ1) is 19.9. The van der Waals surface area contributed by atoms with Crippen molar-refractivity contribution in [1.29, 1.82) is 0 Å². The van der Waals surface area contributed by atoms with Crippen molar-refractivity contribution >= 4 is 50.6 Å². The Morgan fingerprint density at radius 3 is 2.46 bits per heavy atom. The first-order valence-electron chi connectivity index (χ1n) is 12.2. The standard InChI is InChI=1S/C29H17ClN6O4S/c30-23-10-3-1-8-21(23)25-31-24-11-4-2-9-22(24)28(38)35(25)19-14-12-17(13-15-19)27-33-34-29(41-27)32-26(37)18-6-5-7-20(16-18)36(39)40/h1-16H,(H,32,34,37). The highest BCUT2D eigenvalue weighted by Gasteiger charge is 2.18. The molecule has 0 aliphatic carbocycles. The van der Waals surface area contributed by atoms with Gasteiger partial charge >= 0.3 is 0 Å². The van der Waals surface area contributed by atoms with Crippen molar-refractivity contribution in [3.8, 4) is 27.6 Å². The molecule has 6 aromatic rings. The van der Waals surface area contributed by atoms with E-state index in [0.29, 0.717) is 43.6 Å². The van der Waals surface area contributed by atoms with Gasteiger partial charge < -0.3 is 0 Å². The molecule has 2 heterocycles. The number of fused-ring (bicyclic) bond motifs is 1. The van der Waals surface area contributed by atoms with Crippen LogP contribution in [0.4, 0.5) is 10.8 Å². The van der Waals surface area contributed by atoms with Crippen molar-refractivity contribution in [1.82, 2.24) is 19.7 Å². The summed E-state index contributed by atoms with van der Waals surface area (Å²) in [4.78, 5) is 41.5. The fourth-order valence-electron chi connectivity index (χ4n) is 4.27. The third kappa shape index (κ3) is 5.07. The molecule has 0 unspecified atom stereocenters. The molecule has 1 amide bonds. The van der Waals surface area contributed by atoms with Crippen molar-refractivity contribution in [2.24, 2.45) is 0 Å². The van der Waals surface area contributed by atoms with Crippen LogP contribution in [-0.2, 0) is 0 Å². The van der Waals surface area contributed by atoms with Gasteiger partial charge in [0.1, 0.15) is 10.8 Å². The van der Waals surface area contributed by atoms with Gasteiger partial charge in [-0.05, 0) is 54.6 Å². The number of nitrogens with zero attached hydrogens (tertiary/aromatic N) is 5. The zero-order valence-corrected chi connectivity index (χ0v) is 22.5. The lowest BCUT2D eigenvalue weighted by Crippen LogP contribution is -2.22. The van der Waals surface area contributed by atoms with Crippen LogP contribution in [0, 0.1) is 10.1 Å². The Morgan fingerprint density at radius 1 is 0.927 bits per heavy atom. The summed E-state index contributed by atoms with van der Waals surface area (Å²) in [6.07, 6.45) is 0. The lowest BCUT2D eigenvalue weighted by atomic mass is 10.1. The third-order valence-electron chi connectivity index (χ3n) is 6.23. The molecule has 6 rings (SSSR count). The lowest BCUT2D eigenvalue weighted by molar-refractivity contribution is -0.384. The first-order valence-corrected chi connectivity index (χ1v) is 13.4. The minimum Gasteiger partial charge on any atom is -0.296 e. The van der Waals surface area contributed by atoms with Gasteiger partial charge in [-0.1, -0.05) is 53.3 Å². The fourth-order valence-corrected chi connectivity index (χ4v) is 5.23. The number of anilines is 1. The highest BCUT2D eigenvalue weighted by atomic mass is 35.5. The molecule has 4 aromatic carbocycles. The van der Waals surface area contributed by atoms with E-state index in [0.717, 1.165) is 11.3 Å². The number of carbonyl (C=O) groups is 1. The van der Waals surface area contributed by atoms with Crippen LogP contribution in [0.25, 0.3) is 38.5 Å². The Balaban J connectivity index is 1.32. The molecule has 200 valence electrons. The number of rotatable bonds is 6. The quantitative estimate of drug-likeness (QED) is 0.178. The van der Waals surface area contributed by atoms with Crippen molar-refractivity contribution < 1.29 is 9.72 Å². The van der Waals surface area contributed by atoms with E-state index in [1.54, 1.807) is 48.5 Å². The van der Waals surface area contributed by atoms with Crippen LogP contribution in [0.2, 0.25) is 5.02 Å². The predicted octanol–water partition coefficient (Wildman–Crippen LogP) is 6.39. The van der Waals surface area contributed by atoms with E-state index < -0.39 is 10.8 Å². The summed E-state index contributed by atoms with van der Waals surface area (Å²) in [7, 11) is 0. The Kier molecular flexibility index (Phi) is 6.79. The molecule has 0 aliphatic rings. The average molecular weight is 581 g/mol. The highest BCUT2D eigenvalue weighted by Crippen LogP contribution is 2.31. The summed E-state index contributed by atoms with van der Waals surface area (Å²) in [6.45, 7) is 0. The number of non-ortho nitro benzene ring substituents is 1. The van der Waals surface area contributed by atoms with E-state index in [2.05, 4.69) is 15.5 Å². The second kappa shape index (κ2) is 10.7. The molecule has 0 saturated carbocycles. The number of nitro benzene ring substituents is 1. The Morgan fingerprint density at radius 2 is 1.68 bits per heavy atom. The van der Waals surface area contributed by atoms with Crippen molar-refractivity contribution in [3.63, 3.8) is 0 Å². The van der Waals surface area contributed by atoms with Gasteiger partial charge in [0.2, 0.25) is 5.13 Å². The molecule has 0 bridgehead atoms. The summed E-state index contributed by atoms with van der Waals surface area (Å²) in [5.74, 6) is -0.129. The van der Waals surface area contributed by atoms with E-state index in [1.807, 2.05) is 24.3 Å². The van der Waals surface area contributed by atoms with Crippen LogP contribution >= 0.6 is 22.9 Å². The normalized spacial score (nSPS) is 11.0. The van der Waals surface area contributed by atoms with Gasteiger partial charge in [0.15, 0.2) is 0 Å². The molecule has 10 nitrogen and oxygen atoms in total. The zero-order chi connectivity index (χ0) is 28.5. The van der Waals surface area contributed by atoms with Crippen LogP contribution in [-0.4, -0.2) is 30.6 Å². The van der Waals surface area contributed by atoms with Crippen LogP contribution in [0.15, 0.2) is 102 Å². The summed E-state index contributed by atoms with van der Waals surface area (Å²) < 4.78 is 1.53. The second-order valence-electron chi connectivity index (χ2n) is 8.79. The van der Waals surface area contributed by atoms with Gasteiger partial charge in [0.05, 0.1) is 26.5 Å². The molecule has 1 N–H and O–H groups in total. The number of benzene rings is 4. The maximum atomic E-state index is 13.7. The van der Waals surface area contributed by atoms with Crippen LogP contribution < -0.4 is 10.9 Å². The van der Waals surface area contributed by atoms with Gasteiger partial charge in [-0.2, -0.15) is 0 Å². The number of carbonyl (C=O) groups excluding carboxylic acids is 1. The number of amides is 1. The third-order valence-corrected chi connectivity index (χ3v) is 7.44. The topological polar surface area (TPSA) is 133 Å². The van der Waals surface area contributed by atoms with Crippen LogP contribution in [0.5, 0.6) is 0 Å². The van der Waals surface area contributed by atoms with Gasteiger partial charge in [-0.15, -0.1) is 10.2 Å². The average Bonchev–Trinajstić information content (AvgIpc) is 3.46. The van der Waals surface area contributed by atoms with Crippen LogP contribution in [0.1, 0.15) is 10.4 Å². The molecule has 0 fully saturated rings. The van der Waals surface area contributed by atoms with E-state index in [-0.39, 0.29) is 21.9 Å². The molecule has 0 radical (unpaired) electrons. The molecule has 2 aromatic heterocycles. The maximum absolute atomic E-state index is 13.7. The lowest BCUT2D eigenvalue weighted by Gasteiger charge is -2.15. The monoisotopic (exact) mass is 580 g/mol. The number of hydrogen-bond donors (Lipinski definition) is 1. The van der Waals surface area contributed by atoms with Gasteiger partial charge in [0, 0.05) is 28.8 Å². The van der Waals surface area contributed by atoms with Gasteiger partial charge in [-0.3, -0.25) is 29.6 Å². The summed E-state index contributed by atoms with van der Waals surface area (Å²) in [5, 5.41) is 23.5. The predicted molar refractivity (Wildman–Crippen MR) is 158 cm³/mol. The van der Waals surface area contributed by atoms with E-state index in [1.165, 1.54) is 28.8 Å². The fraction of sp³-hybridized carbons (Fsp3) is 0. The highest BCUT2D eigenvalue weighted by molar-refractivity contribution is 7.18. The number of aromatic nitrogens is 4. The van der Waals surface area contributed by atoms with E-state index >= 15 is 0 Å². The minimum atomic E-state index is -0.566. The SMILES string of the molecule is O=C(Nc1nnc(-c2ccc(-n3c(-c4ccccc4Cl)nc4ccccc4c3=O)cc2)s1)c1cccc([N+](=O)[O-])c1. The van der Waals surface area contributed by atoms with Gasteiger partial charge in [0.25, 0.3) is 17.2 Å². The molecular weight excluding hydrogens is 564 g/mol. The zero-order valence-electron chi connectivity index (χ0n) is 20.9. The number of nitrogens with one attached hydrogen (secondary N) is 1. The molecular formula is C29H17ClN6O4S. The second-order valence-corrected chi connectivity index (χ2v) is 10.2. The molecule has 12 heteroatoms. The molecule has 0 aliphatic heterocycles. The molecule has 0 atom stereocenters. The van der Waals surface area contributed by atoms with Crippen molar-refractivity contribution in [2.45, 2.75) is 0 Å². The van der Waals surface area contributed by atoms with E-state index in [9.17, 15) is 19.7 Å². The summed E-state index contributed by atoms with van der Waals surface area (Å²) in [6, 6.07) is 26.9. The Labute approximate surface area is 240 Å². The number of halogens is 1. The molecule has 0 spiro atoms. The van der Waals surface area contributed by atoms with Crippen molar-refractivity contribution in [3.05, 3.63) is 128 Å². The largest absolute Gasteiger partial charge is 0.296 e. The molecule has 0 saturated heterocycles. The number of para-hydroxylation sites is 1. The van der Waals surface area contributed by atoms with Gasteiger partial charge in [-0.25, -0.2) is 4.98 Å². The minimum absolute atomic E-state index is 0.129. The Hall–Kier alpha value is -5.26. The van der Waals surface area contributed by atoms with Crippen LogP contribution in [0.3, 0.4) is 0 Å². The Bertz CT molecular complexity index is 2020. The van der Waals surface area contributed by atoms with Crippen molar-refractivity contribution in [2.75, 3.05) is 5.32 Å². The maximum Gasteiger partial charge on any atom is 0.270 e. The number of nitro groups is 1. The molecule has 41 heavy (non-hydrogen) atoms.